The second-order valence-electron chi connectivity index (χ2n) is 6.48. The number of carbonyl (C=O) groups excluding carboxylic acids is 2. The average Bonchev–Trinajstić information content (AvgIpc) is 3.24. The highest BCUT2D eigenvalue weighted by Gasteiger charge is 2.16. The van der Waals surface area contributed by atoms with Crippen molar-refractivity contribution in [1.82, 2.24) is 5.32 Å². The van der Waals surface area contributed by atoms with Gasteiger partial charge < -0.3 is 14.8 Å². The summed E-state index contributed by atoms with van der Waals surface area (Å²) in [6, 6.07) is 9.54. The Labute approximate surface area is 166 Å². The van der Waals surface area contributed by atoms with E-state index >= 15 is 0 Å². The fraction of sp³-hybridized carbons (Fsp3) is 0.316. The van der Waals surface area contributed by atoms with Gasteiger partial charge in [-0.15, -0.1) is 22.7 Å². The van der Waals surface area contributed by atoms with Crippen LogP contribution in [-0.4, -0.2) is 24.8 Å². The Morgan fingerprint density at radius 3 is 2.48 bits per heavy atom. The zero-order chi connectivity index (χ0) is 20.0. The number of ether oxygens (including phenoxy) is 2. The van der Waals surface area contributed by atoms with Crippen molar-refractivity contribution >= 4 is 40.8 Å². The first-order chi connectivity index (χ1) is 12.7. The summed E-state index contributed by atoms with van der Waals surface area (Å²) in [6.07, 6.45) is 1.06. The lowest BCUT2D eigenvalue weighted by molar-refractivity contribution is -0.135. The number of rotatable bonds is 5. The molecule has 0 saturated heterocycles. The van der Waals surface area contributed by atoms with Crippen molar-refractivity contribution < 1.29 is 19.1 Å². The molecule has 0 bridgehead atoms. The molecular weight excluding hydrogens is 384 g/mol. The first kappa shape index (κ1) is 20.7. The SMILES string of the molecule is COC(=O)C(C#N)=Cc1ccc(-c2ccc(CNC(=O)OC(C)(C)C)s2)s1. The number of amides is 1. The molecule has 0 saturated carbocycles. The van der Waals surface area contributed by atoms with E-state index in [9.17, 15) is 9.59 Å². The lowest BCUT2D eigenvalue weighted by Crippen LogP contribution is -2.31. The van der Waals surface area contributed by atoms with Crippen molar-refractivity contribution in [3.63, 3.8) is 0 Å². The third-order valence-corrected chi connectivity index (χ3v) is 5.46. The van der Waals surface area contributed by atoms with Crippen LogP contribution in [-0.2, 0) is 20.8 Å². The largest absolute Gasteiger partial charge is 0.465 e. The van der Waals surface area contributed by atoms with Gasteiger partial charge in [-0.1, -0.05) is 0 Å². The Morgan fingerprint density at radius 2 is 1.85 bits per heavy atom. The average molecular weight is 405 g/mol. The fourth-order valence-corrected chi connectivity index (χ4v) is 4.02. The van der Waals surface area contributed by atoms with Gasteiger partial charge in [0.05, 0.1) is 13.7 Å². The molecule has 0 aliphatic heterocycles. The maximum absolute atomic E-state index is 11.7. The molecule has 142 valence electrons. The van der Waals surface area contributed by atoms with Crippen LogP contribution in [0.5, 0.6) is 0 Å². The molecule has 8 heteroatoms. The van der Waals surface area contributed by atoms with Gasteiger partial charge in [0.2, 0.25) is 0 Å². The van der Waals surface area contributed by atoms with Crippen LogP contribution in [0.2, 0.25) is 0 Å². The van der Waals surface area contributed by atoms with Crippen LogP contribution in [0.15, 0.2) is 29.8 Å². The van der Waals surface area contributed by atoms with E-state index in [4.69, 9.17) is 10.00 Å². The van der Waals surface area contributed by atoms with Crippen molar-refractivity contribution in [3.05, 3.63) is 39.6 Å². The second kappa shape index (κ2) is 8.84. The van der Waals surface area contributed by atoms with Crippen LogP contribution in [0, 0.1) is 11.3 Å². The topological polar surface area (TPSA) is 88.4 Å². The molecule has 0 spiro atoms. The summed E-state index contributed by atoms with van der Waals surface area (Å²) in [7, 11) is 1.24. The molecule has 0 aliphatic rings. The smallest absolute Gasteiger partial charge is 0.407 e. The van der Waals surface area contributed by atoms with E-state index in [2.05, 4.69) is 10.1 Å². The molecular formula is C19H20N2O4S2. The molecule has 0 atom stereocenters. The van der Waals surface area contributed by atoms with Crippen LogP contribution in [0.1, 0.15) is 30.5 Å². The van der Waals surface area contributed by atoms with Crippen LogP contribution in [0.3, 0.4) is 0 Å². The van der Waals surface area contributed by atoms with Gasteiger partial charge in [-0.3, -0.25) is 0 Å². The van der Waals surface area contributed by atoms with Gasteiger partial charge in [0.15, 0.2) is 0 Å². The third-order valence-electron chi connectivity index (χ3n) is 3.15. The van der Waals surface area contributed by atoms with E-state index in [1.54, 1.807) is 11.3 Å². The van der Waals surface area contributed by atoms with Crippen LogP contribution >= 0.6 is 22.7 Å². The molecule has 1 N–H and O–H groups in total. The summed E-state index contributed by atoms with van der Waals surface area (Å²) in [5, 5.41) is 11.8. The second-order valence-corrected chi connectivity index (χ2v) is 8.77. The number of nitriles is 1. The maximum Gasteiger partial charge on any atom is 0.407 e. The Hall–Kier alpha value is -2.63. The molecule has 27 heavy (non-hydrogen) atoms. The van der Waals surface area contributed by atoms with E-state index in [0.29, 0.717) is 6.54 Å². The van der Waals surface area contributed by atoms with Crippen LogP contribution < -0.4 is 5.32 Å². The van der Waals surface area contributed by atoms with Gasteiger partial charge in [-0.05, 0) is 51.1 Å². The van der Waals surface area contributed by atoms with E-state index in [1.807, 2.05) is 51.1 Å². The monoisotopic (exact) mass is 404 g/mol. The predicted molar refractivity (Wildman–Crippen MR) is 106 cm³/mol. The minimum Gasteiger partial charge on any atom is -0.465 e. The van der Waals surface area contributed by atoms with Crippen molar-refractivity contribution in [2.24, 2.45) is 0 Å². The predicted octanol–water partition coefficient (Wildman–Crippen LogP) is 4.58. The summed E-state index contributed by atoms with van der Waals surface area (Å²) in [4.78, 5) is 27.0. The fourth-order valence-electron chi connectivity index (χ4n) is 2.03. The van der Waals surface area contributed by atoms with Crippen molar-refractivity contribution in [1.29, 1.82) is 5.26 Å². The summed E-state index contributed by atoms with van der Waals surface area (Å²) in [5.41, 5.74) is -0.572. The van der Waals surface area contributed by atoms with E-state index in [0.717, 1.165) is 19.5 Å². The molecule has 0 radical (unpaired) electrons. The summed E-state index contributed by atoms with van der Waals surface area (Å²) in [6.45, 7) is 5.84. The van der Waals surface area contributed by atoms with Crippen molar-refractivity contribution in [2.75, 3.05) is 7.11 Å². The number of nitrogens with one attached hydrogen (secondary N) is 1. The maximum atomic E-state index is 11.7. The molecule has 0 fully saturated rings. The number of thiophene rings is 2. The zero-order valence-corrected chi connectivity index (χ0v) is 17.1. The first-order valence-corrected chi connectivity index (χ1v) is 9.71. The summed E-state index contributed by atoms with van der Waals surface area (Å²) >= 11 is 3.02. The van der Waals surface area contributed by atoms with E-state index < -0.39 is 17.7 Å². The highest BCUT2D eigenvalue weighted by molar-refractivity contribution is 7.22. The Kier molecular flexibility index (Phi) is 6.77. The van der Waals surface area contributed by atoms with E-state index in [1.165, 1.54) is 24.5 Å². The van der Waals surface area contributed by atoms with Gasteiger partial charge >= 0.3 is 12.1 Å². The summed E-state index contributed by atoms with van der Waals surface area (Å²) < 4.78 is 9.80. The standard InChI is InChI=1S/C19H20N2O4S2/c1-19(2,3)25-18(23)21-11-14-6-8-16(27-14)15-7-5-13(26-15)9-12(10-20)17(22)24-4/h5-9H,11H2,1-4H3,(H,21,23). The molecule has 2 rings (SSSR count). The van der Waals surface area contributed by atoms with Crippen LogP contribution in [0.4, 0.5) is 4.79 Å². The van der Waals surface area contributed by atoms with E-state index in [-0.39, 0.29) is 5.57 Å². The van der Waals surface area contributed by atoms with Gasteiger partial charge in [0.25, 0.3) is 0 Å². The van der Waals surface area contributed by atoms with Crippen LogP contribution in [0.25, 0.3) is 15.8 Å². The lowest BCUT2D eigenvalue weighted by Gasteiger charge is -2.19. The highest BCUT2D eigenvalue weighted by atomic mass is 32.1. The van der Waals surface area contributed by atoms with Gasteiger partial charge in [-0.2, -0.15) is 5.26 Å². The first-order valence-electron chi connectivity index (χ1n) is 8.07. The number of carbonyl (C=O) groups is 2. The molecule has 0 aromatic carbocycles. The molecule has 2 aromatic rings. The molecule has 0 aliphatic carbocycles. The Balaban J connectivity index is 2.04. The zero-order valence-electron chi connectivity index (χ0n) is 15.5. The number of alkyl carbamates (subject to hydrolysis) is 1. The van der Waals surface area contributed by atoms with Crippen molar-refractivity contribution in [2.45, 2.75) is 32.9 Å². The number of hydrogen-bond acceptors (Lipinski definition) is 7. The molecule has 0 unspecified atom stereocenters. The van der Waals surface area contributed by atoms with Gasteiger partial charge in [0.1, 0.15) is 17.2 Å². The van der Waals surface area contributed by atoms with Crippen molar-refractivity contribution in [3.8, 4) is 15.8 Å². The number of methoxy groups -OCH3 is 1. The minimum absolute atomic E-state index is 0.0423. The molecule has 6 nitrogen and oxygen atoms in total. The third kappa shape index (κ3) is 6.24. The minimum atomic E-state index is -0.654. The lowest BCUT2D eigenvalue weighted by atomic mass is 10.2. The normalized spacial score (nSPS) is 11.6. The van der Waals surface area contributed by atoms with Gasteiger partial charge in [-0.25, -0.2) is 9.59 Å². The molecule has 2 heterocycles. The number of hydrogen-bond donors (Lipinski definition) is 1. The Morgan fingerprint density at radius 1 is 1.19 bits per heavy atom. The number of esters is 1. The Bertz CT molecular complexity index is 897. The van der Waals surface area contributed by atoms with Gasteiger partial charge in [0, 0.05) is 19.5 Å². The highest BCUT2D eigenvalue weighted by Crippen LogP contribution is 2.34. The summed E-state index contributed by atoms with van der Waals surface area (Å²) in [5.74, 6) is -0.654. The number of nitrogens with zero attached hydrogens (tertiary/aromatic N) is 1. The quantitative estimate of drug-likeness (QED) is 0.448. The molecule has 1 amide bonds. The molecule has 2 aromatic heterocycles.